The summed E-state index contributed by atoms with van der Waals surface area (Å²) in [5, 5.41) is 6.63. The van der Waals surface area contributed by atoms with Crippen molar-refractivity contribution in [3.63, 3.8) is 0 Å². The summed E-state index contributed by atoms with van der Waals surface area (Å²) in [7, 11) is -3.07. The van der Waals surface area contributed by atoms with Crippen LogP contribution in [0.1, 0.15) is 0 Å². The molecule has 0 aliphatic carbocycles. The van der Waals surface area contributed by atoms with Crippen LogP contribution in [-0.2, 0) is 4.57 Å². The predicted octanol–water partition coefficient (Wildman–Crippen LogP) is 9.66. The van der Waals surface area contributed by atoms with Gasteiger partial charge in [0.25, 0.3) is 0 Å². The van der Waals surface area contributed by atoms with E-state index < -0.39 is 7.14 Å². The van der Waals surface area contributed by atoms with E-state index in [4.69, 9.17) is 9.40 Å². The Hall–Kier alpha value is -5.83. The normalized spacial score (nSPS) is 11.9. The second kappa shape index (κ2) is 10.9. The summed E-state index contributed by atoms with van der Waals surface area (Å²) in [6.07, 6.45) is 1.82. The van der Waals surface area contributed by atoms with Gasteiger partial charge >= 0.3 is 0 Å². The van der Waals surface area contributed by atoms with Crippen LogP contribution in [0.4, 0.5) is 0 Å². The van der Waals surface area contributed by atoms with Gasteiger partial charge in [-0.25, -0.2) is 4.98 Å². The molecule has 222 valence electrons. The smallest absolute Gasteiger partial charge is 0.171 e. The summed E-state index contributed by atoms with van der Waals surface area (Å²) >= 11 is 0. The number of hydrogen-bond donors (Lipinski definition) is 0. The van der Waals surface area contributed by atoms with Gasteiger partial charge in [-0.05, 0) is 47.5 Å². The summed E-state index contributed by atoms with van der Waals surface area (Å²) in [5.41, 5.74) is 7.40. The van der Waals surface area contributed by atoms with Crippen LogP contribution < -0.4 is 15.9 Å². The maximum Gasteiger partial charge on any atom is 0.171 e. The molecule has 0 radical (unpaired) electrons. The first kappa shape index (κ1) is 27.5. The molecule has 0 amide bonds. The molecular weight excluding hydrogens is 595 g/mol. The van der Waals surface area contributed by atoms with E-state index in [-0.39, 0.29) is 0 Å². The fourth-order valence-electron chi connectivity index (χ4n) is 6.69. The summed E-state index contributed by atoms with van der Waals surface area (Å²) in [6, 6.07) is 52.5. The molecule has 9 aromatic rings. The Morgan fingerprint density at radius 1 is 0.511 bits per heavy atom. The molecule has 0 aliphatic rings. The van der Waals surface area contributed by atoms with E-state index in [1.165, 1.54) is 0 Å². The third-order valence-corrected chi connectivity index (χ3v) is 12.1. The highest BCUT2D eigenvalue weighted by molar-refractivity contribution is 7.85. The van der Waals surface area contributed by atoms with Crippen molar-refractivity contribution >= 4 is 66.8 Å². The molecule has 47 heavy (non-hydrogen) atoms. The van der Waals surface area contributed by atoms with E-state index in [9.17, 15) is 4.57 Å². The Balaban J connectivity index is 1.17. The minimum absolute atomic E-state index is 0.801. The molecule has 3 heterocycles. The van der Waals surface area contributed by atoms with Crippen LogP contribution in [0.25, 0.3) is 66.1 Å². The molecule has 3 aromatic heterocycles. The van der Waals surface area contributed by atoms with Crippen LogP contribution in [0.5, 0.6) is 0 Å². The standard InChI is InChI=1S/C42H27N2O2P/c45-47(32-10-3-1-4-11-32,33-12-5-2-6-13-33)34-22-18-28(19-23-34)35-14-7-15-39-40(35)36-27-31(21-25-38(36)46-39)37-24-20-30-17-16-29-9-8-26-43-41(29)42(30)44-37/h1-27H. The van der Waals surface area contributed by atoms with E-state index in [0.29, 0.717) is 0 Å². The lowest BCUT2D eigenvalue weighted by atomic mass is 9.98. The van der Waals surface area contributed by atoms with Gasteiger partial charge in [-0.1, -0.05) is 121 Å². The topological polar surface area (TPSA) is 56.0 Å². The van der Waals surface area contributed by atoms with Crippen molar-refractivity contribution in [1.29, 1.82) is 0 Å². The van der Waals surface area contributed by atoms with Gasteiger partial charge in [0, 0.05) is 49.2 Å². The lowest BCUT2D eigenvalue weighted by Gasteiger charge is -2.20. The third-order valence-electron chi connectivity index (χ3n) is 9.00. The minimum Gasteiger partial charge on any atom is -0.456 e. The van der Waals surface area contributed by atoms with E-state index >= 15 is 0 Å². The van der Waals surface area contributed by atoms with Crippen LogP contribution in [0.2, 0.25) is 0 Å². The molecule has 9 rings (SSSR count). The van der Waals surface area contributed by atoms with Crippen LogP contribution in [0.3, 0.4) is 0 Å². The number of rotatable bonds is 5. The van der Waals surface area contributed by atoms with Crippen LogP contribution >= 0.6 is 7.14 Å². The van der Waals surface area contributed by atoms with E-state index in [1.807, 2.05) is 103 Å². The minimum atomic E-state index is -3.07. The molecule has 0 N–H and O–H groups in total. The fourth-order valence-corrected chi connectivity index (χ4v) is 9.33. The van der Waals surface area contributed by atoms with Crippen molar-refractivity contribution in [2.75, 3.05) is 0 Å². The van der Waals surface area contributed by atoms with E-state index in [0.717, 1.165) is 82.0 Å². The summed E-state index contributed by atoms with van der Waals surface area (Å²) in [6.45, 7) is 0. The van der Waals surface area contributed by atoms with Crippen LogP contribution in [0, 0.1) is 0 Å². The first-order valence-corrected chi connectivity index (χ1v) is 17.3. The number of pyridine rings is 2. The summed E-state index contributed by atoms with van der Waals surface area (Å²) in [5.74, 6) is 0. The monoisotopic (exact) mass is 622 g/mol. The highest BCUT2D eigenvalue weighted by Crippen LogP contribution is 2.43. The van der Waals surface area contributed by atoms with Crippen LogP contribution in [0.15, 0.2) is 168 Å². The van der Waals surface area contributed by atoms with Crippen molar-refractivity contribution in [2.24, 2.45) is 0 Å². The Morgan fingerprint density at radius 2 is 1.17 bits per heavy atom. The molecule has 0 spiro atoms. The van der Waals surface area contributed by atoms with Gasteiger partial charge in [0.15, 0.2) is 7.14 Å². The molecule has 0 atom stereocenters. The van der Waals surface area contributed by atoms with Gasteiger partial charge in [0.2, 0.25) is 0 Å². The highest BCUT2D eigenvalue weighted by atomic mass is 31.2. The number of nitrogens with zero attached hydrogens (tertiary/aromatic N) is 2. The molecule has 0 fully saturated rings. The van der Waals surface area contributed by atoms with E-state index in [2.05, 4.69) is 65.6 Å². The number of fused-ring (bicyclic) bond motifs is 6. The first-order chi connectivity index (χ1) is 23.2. The van der Waals surface area contributed by atoms with Crippen molar-refractivity contribution in [2.45, 2.75) is 0 Å². The largest absolute Gasteiger partial charge is 0.456 e. The van der Waals surface area contributed by atoms with Gasteiger partial charge in [-0.3, -0.25) is 4.98 Å². The Bertz CT molecular complexity index is 2600. The lowest BCUT2D eigenvalue weighted by molar-refractivity contribution is 0.592. The number of benzene rings is 6. The molecular formula is C42H27N2O2P. The maximum absolute atomic E-state index is 14.9. The second-order valence-electron chi connectivity index (χ2n) is 11.7. The predicted molar refractivity (Wildman–Crippen MR) is 195 cm³/mol. The number of hydrogen-bond acceptors (Lipinski definition) is 4. The Labute approximate surface area is 271 Å². The maximum atomic E-state index is 14.9. The average Bonchev–Trinajstić information content (AvgIpc) is 3.53. The van der Waals surface area contributed by atoms with Crippen LogP contribution in [-0.4, -0.2) is 9.97 Å². The van der Waals surface area contributed by atoms with Gasteiger partial charge < -0.3 is 8.98 Å². The Morgan fingerprint density at radius 3 is 1.91 bits per heavy atom. The summed E-state index contributed by atoms with van der Waals surface area (Å²) in [4.78, 5) is 9.72. The molecule has 0 unspecified atom stereocenters. The number of furan rings is 1. The zero-order chi connectivity index (χ0) is 31.4. The Kier molecular flexibility index (Phi) is 6.38. The fraction of sp³-hybridized carbons (Fsp3) is 0. The molecule has 0 saturated heterocycles. The SMILES string of the molecule is O=P(c1ccccc1)(c1ccccc1)c1ccc(-c2cccc3oc4ccc(-c5ccc6ccc7cccnc7c6n5)cc4c23)cc1. The lowest BCUT2D eigenvalue weighted by Crippen LogP contribution is -2.24. The summed E-state index contributed by atoms with van der Waals surface area (Å²) < 4.78 is 21.3. The molecule has 6 aromatic carbocycles. The van der Waals surface area contributed by atoms with Gasteiger partial charge in [0.05, 0.1) is 16.7 Å². The highest BCUT2D eigenvalue weighted by Gasteiger charge is 2.29. The molecule has 5 heteroatoms. The first-order valence-electron chi connectivity index (χ1n) is 15.6. The molecule has 0 bridgehead atoms. The number of aromatic nitrogens is 2. The van der Waals surface area contributed by atoms with Gasteiger partial charge in [-0.15, -0.1) is 0 Å². The molecule has 4 nitrogen and oxygen atoms in total. The zero-order valence-electron chi connectivity index (χ0n) is 25.2. The quantitative estimate of drug-likeness (QED) is 0.142. The van der Waals surface area contributed by atoms with E-state index in [1.54, 1.807) is 0 Å². The molecule has 0 aliphatic heterocycles. The van der Waals surface area contributed by atoms with Crippen molar-refractivity contribution in [1.82, 2.24) is 9.97 Å². The third kappa shape index (κ3) is 4.49. The molecule has 0 saturated carbocycles. The average molecular weight is 623 g/mol. The van der Waals surface area contributed by atoms with Gasteiger partial charge in [0.1, 0.15) is 11.2 Å². The van der Waals surface area contributed by atoms with Crippen molar-refractivity contribution in [3.8, 4) is 22.4 Å². The second-order valence-corrected chi connectivity index (χ2v) is 14.5. The van der Waals surface area contributed by atoms with Crippen molar-refractivity contribution < 1.29 is 8.98 Å². The zero-order valence-corrected chi connectivity index (χ0v) is 26.1. The van der Waals surface area contributed by atoms with Gasteiger partial charge in [-0.2, -0.15) is 0 Å². The van der Waals surface area contributed by atoms with Crippen molar-refractivity contribution in [3.05, 3.63) is 164 Å².